The Labute approximate surface area is 115 Å². The van der Waals surface area contributed by atoms with Crippen molar-refractivity contribution in [2.24, 2.45) is 0 Å². The van der Waals surface area contributed by atoms with Crippen LogP contribution < -0.4 is 0 Å². The van der Waals surface area contributed by atoms with Crippen LogP contribution in [0.4, 0.5) is 0 Å². The number of unbranched alkanes of at least 4 members (excludes halogenated alkanes) is 1. The molecule has 0 N–H and O–H groups in total. The monoisotopic (exact) mass is 205 g/mol. The summed E-state index contributed by atoms with van der Waals surface area (Å²) in [4.78, 5) is 0. The third-order valence-electron chi connectivity index (χ3n) is 0.723. The maximum Gasteiger partial charge on any atom is 0.101 e. The third kappa shape index (κ3) is 13.4. The minimum absolute atomic E-state index is 0. The predicted octanol–water partition coefficient (Wildman–Crippen LogP) is 2.35. The normalized spacial score (nSPS) is 8.22. The summed E-state index contributed by atoms with van der Waals surface area (Å²) in [5, 5.41) is 0. The van der Waals surface area contributed by atoms with Crippen LogP contribution in [-0.2, 0) is 0 Å². The van der Waals surface area contributed by atoms with Gasteiger partial charge >= 0.3 is 0 Å². The van der Waals surface area contributed by atoms with Gasteiger partial charge in [-0.1, -0.05) is 25.6 Å². The standard InChI is InChI=1S/C5H10S3.K/c1-2-3-4-8-5(6)7;/h2-4H2,1H3,(H,6,7);. The molecular weight excluding hydrogens is 195 g/mol. The van der Waals surface area contributed by atoms with Gasteiger partial charge in [-0.25, -0.2) is 0 Å². The molecule has 0 amide bonds. The van der Waals surface area contributed by atoms with E-state index < -0.39 is 0 Å². The summed E-state index contributed by atoms with van der Waals surface area (Å²) in [5.74, 6) is 1.12. The van der Waals surface area contributed by atoms with E-state index in [9.17, 15) is 0 Å². The topological polar surface area (TPSA) is 0 Å². The zero-order valence-electron chi connectivity index (χ0n) is 5.89. The minimum Gasteiger partial charge on any atom is -0.125 e. The van der Waals surface area contributed by atoms with Crippen molar-refractivity contribution in [2.75, 3.05) is 5.75 Å². The summed E-state index contributed by atoms with van der Waals surface area (Å²) in [6.07, 6.45) is 2.48. The molecule has 0 heterocycles. The Morgan fingerprint density at radius 3 is 2.56 bits per heavy atom. The summed E-state index contributed by atoms with van der Waals surface area (Å²) in [7, 11) is 0. The summed E-state index contributed by atoms with van der Waals surface area (Å²) >= 11 is 10.4. The summed E-state index contributed by atoms with van der Waals surface area (Å²) in [5.41, 5.74) is 0. The van der Waals surface area contributed by atoms with Crippen molar-refractivity contribution in [1.29, 1.82) is 0 Å². The molecule has 0 bridgehead atoms. The van der Waals surface area contributed by atoms with E-state index in [1.54, 1.807) is 11.8 Å². The van der Waals surface area contributed by atoms with Crippen LogP contribution in [0.1, 0.15) is 19.8 Å². The summed E-state index contributed by atoms with van der Waals surface area (Å²) in [6, 6.07) is 0. The molecule has 0 aliphatic rings. The van der Waals surface area contributed by atoms with Crippen LogP contribution >= 0.6 is 36.6 Å². The van der Waals surface area contributed by atoms with Crippen LogP contribution in [0.25, 0.3) is 0 Å². The SMILES string of the molecule is CCCCSC(=S)S.[K]. The molecule has 0 unspecified atom stereocenters. The summed E-state index contributed by atoms with van der Waals surface area (Å²) < 4.78 is 0.762. The molecule has 0 atom stereocenters. The number of thioether (sulfide) groups is 1. The Morgan fingerprint density at radius 2 is 2.22 bits per heavy atom. The largest absolute Gasteiger partial charge is 0.125 e. The second-order valence-electron chi connectivity index (χ2n) is 1.47. The molecule has 49 valence electrons. The fourth-order valence-electron chi connectivity index (χ4n) is 0.304. The molecule has 0 rings (SSSR count). The zero-order chi connectivity index (χ0) is 6.41. The molecule has 0 aromatic carbocycles. The van der Waals surface area contributed by atoms with E-state index in [1.165, 1.54) is 12.8 Å². The maximum absolute atomic E-state index is 4.74. The van der Waals surface area contributed by atoms with Crippen LogP contribution in [0, 0.1) is 0 Å². The minimum atomic E-state index is 0. The van der Waals surface area contributed by atoms with Crippen LogP contribution in [-0.4, -0.2) is 60.7 Å². The second-order valence-corrected chi connectivity index (χ2v) is 4.29. The van der Waals surface area contributed by atoms with Gasteiger partial charge in [0.05, 0.1) is 0 Å². The molecule has 0 nitrogen and oxygen atoms in total. The average molecular weight is 205 g/mol. The fraction of sp³-hybridized carbons (Fsp3) is 0.800. The molecule has 0 aliphatic carbocycles. The van der Waals surface area contributed by atoms with Crippen molar-refractivity contribution in [3.05, 3.63) is 0 Å². The average Bonchev–Trinajstić information content (AvgIpc) is 1.66. The molecule has 4 heteroatoms. The van der Waals surface area contributed by atoms with Gasteiger partial charge < -0.3 is 0 Å². The molecule has 0 aliphatic heterocycles. The first-order valence-electron chi connectivity index (χ1n) is 2.63. The molecular formula is C5H10KS3. The van der Waals surface area contributed by atoms with E-state index in [0.29, 0.717) is 0 Å². The van der Waals surface area contributed by atoms with Crippen molar-refractivity contribution in [1.82, 2.24) is 0 Å². The number of thiol groups is 1. The van der Waals surface area contributed by atoms with E-state index in [4.69, 9.17) is 12.2 Å². The van der Waals surface area contributed by atoms with Crippen molar-refractivity contribution < 1.29 is 0 Å². The van der Waals surface area contributed by atoms with Gasteiger partial charge in [0.15, 0.2) is 0 Å². The van der Waals surface area contributed by atoms with Crippen LogP contribution in [0.2, 0.25) is 0 Å². The van der Waals surface area contributed by atoms with Gasteiger partial charge in [0.1, 0.15) is 3.53 Å². The van der Waals surface area contributed by atoms with Crippen molar-refractivity contribution in [3.63, 3.8) is 0 Å². The first-order chi connectivity index (χ1) is 3.77. The van der Waals surface area contributed by atoms with Gasteiger partial charge in [-0.3, -0.25) is 0 Å². The third-order valence-corrected chi connectivity index (χ3v) is 2.20. The molecule has 0 fully saturated rings. The van der Waals surface area contributed by atoms with Crippen LogP contribution in [0.3, 0.4) is 0 Å². The van der Waals surface area contributed by atoms with Crippen LogP contribution in [0.15, 0.2) is 0 Å². The number of hydrogen-bond donors (Lipinski definition) is 1. The van der Waals surface area contributed by atoms with Crippen LogP contribution in [0.5, 0.6) is 0 Å². The summed E-state index contributed by atoms with van der Waals surface area (Å²) in [6.45, 7) is 2.17. The molecule has 0 aromatic heterocycles. The van der Waals surface area contributed by atoms with Gasteiger partial charge in [0.2, 0.25) is 0 Å². The zero-order valence-corrected chi connectivity index (χ0v) is 11.5. The van der Waals surface area contributed by atoms with E-state index in [1.807, 2.05) is 0 Å². The molecule has 1 radical (unpaired) electrons. The van der Waals surface area contributed by atoms with Gasteiger partial charge in [-0.2, -0.15) is 0 Å². The first kappa shape index (κ1) is 14.0. The van der Waals surface area contributed by atoms with Gasteiger partial charge in [0, 0.05) is 51.4 Å². The van der Waals surface area contributed by atoms with E-state index >= 15 is 0 Å². The molecule has 9 heavy (non-hydrogen) atoms. The maximum atomic E-state index is 4.74. The Balaban J connectivity index is 0. The van der Waals surface area contributed by atoms with Crippen molar-refractivity contribution >= 4 is 91.5 Å². The van der Waals surface area contributed by atoms with Gasteiger partial charge in [-0.05, 0) is 12.2 Å². The van der Waals surface area contributed by atoms with Crippen molar-refractivity contribution in [3.8, 4) is 0 Å². The number of rotatable bonds is 3. The molecule has 0 spiro atoms. The van der Waals surface area contributed by atoms with E-state index in [0.717, 1.165) is 9.28 Å². The first-order valence-corrected chi connectivity index (χ1v) is 4.47. The Hall–Kier alpha value is 2.43. The van der Waals surface area contributed by atoms with Crippen molar-refractivity contribution in [2.45, 2.75) is 19.8 Å². The molecule has 0 saturated carbocycles. The smallest absolute Gasteiger partial charge is 0.101 e. The Morgan fingerprint density at radius 1 is 1.67 bits per heavy atom. The fourth-order valence-corrected chi connectivity index (χ4v) is 1.44. The predicted molar refractivity (Wildman–Crippen MR) is 54.7 cm³/mol. The second kappa shape index (κ2) is 10.4. The van der Waals surface area contributed by atoms with E-state index in [2.05, 4.69) is 19.6 Å². The van der Waals surface area contributed by atoms with Gasteiger partial charge in [0.25, 0.3) is 0 Å². The van der Waals surface area contributed by atoms with E-state index in [-0.39, 0.29) is 51.4 Å². The molecule has 0 saturated heterocycles. The number of hydrogen-bond acceptors (Lipinski definition) is 2. The van der Waals surface area contributed by atoms with Gasteiger partial charge in [-0.15, -0.1) is 24.4 Å². The number of thiocarbonyl (C=S) groups is 1. The Kier molecular flexibility index (Phi) is 16.2. The Bertz CT molecular complexity index is 74.6. The molecule has 0 aromatic rings. The quantitative estimate of drug-likeness (QED) is 0.325.